The summed E-state index contributed by atoms with van der Waals surface area (Å²) < 4.78 is 32.0. The molecule has 2 N–H and O–H groups in total. The number of ether oxygens (including phenoxy) is 1. The Morgan fingerprint density at radius 1 is 1.33 bits per heavy atom. The van der Waals surface area contributed by atoms with E-state index in [1.54, 1.807) is 20.8 Å². The first-order chi connectivity index (χ1) is 8.06. The highest BCUT2D eigenvalue weighted by Crippen LogP contribution is 2.11. The summed E-state index contributed by atoms with van der Waals surface area (Å²) in [6.45, 7) is 7.33. The molecule has 0 spiro atoms. The maximum absolute atomic E-state index is 11.4. The number of hydrogen-bond acceptors (Lipinski definition) is 6. The Bertz CT molecular complexity index is 358. The van der Waals surface area contributed by atoms with E-state index >= 15 is 0 Å². The molecule has 108 valence electrons. The van der Waals surface area contributed by atoms with Gasteiger partial charge < -0.3 is 14.7 Å². The van der Waals surface area contributed by atoms with Crippen molar-refractivity contribution < 1.29 is 22.1 Å². The van der Waals surface area contributed by atoms with Crippen molar-refractivity contribution >= 4 is 16.3 Å². The molecule has 1 atom stereocenters. The van der Waals surface area contributed by atoms with E-state index in [1.165, 1.54) is 0 Å². The lowest BCUT2D eigenvalue weighted by molar-refractivity contribution is 0.0222. The Hall–Kier alpha value is -0.820. The second-order valence-corrected chi connectivity index (χ2v) is 6.98. The summed E-state index contributed by atoms with van der Waals surface area (Å²) in [7, 11) is -3.87. The van der Waals surface area contributed by atoms with Gasteiger partial charge in [0, 0.05) is 0 Å². The van der Waals surface area contributed by atoms with E-state index in [2.05, 4.69) is 4.18 Å². The fraction of sp³-hybridized carbons (Fsp3) is 0.909. The average Bonchev–Trinajstić information content (AvgIpc) is 2.12. The molecule has 0 fully saturated rings. The Kier molecular flexibility index (Phi) is 6.62. The molecule has 0 aliphatic carbocycles. The maximum Gasteiger partial charge on any atom is 0.524 e. The first-order valence-corrected chi connectivity index (χ1v) is 7.48. The highest BCUT2D eigenvalue weighted by molar-refractivity contribution is 7.87. The van der Waals surface area contributed by atoms with Gasteiger partial charge in [-0.05, 0) is 46.1 Å². The number of carbonyl (C=O) groups excluding carboxylic acids is 1. The number of hydrogen-bond donors (Lipinski definition) is 1. The zero-order chi connectivity index (χ0) is 14.4. The molecular weight excluding hydrogens is 258 g/mol. The SMILES string of the molecule is C[C@H](CN)CCCS(=O)(=O)OC(=O)OC(C)(C)C. The third-order valence-corrected chi connectivity index (χ3v) is 3.26. The molecule has 0 heterocycles. The van der Waals surface area contributed by atoms with Crippen molar-refractivity contribution in [2.24, 2.45) is 11.7 Å². The minimum absolute atomic E-state index is 0.212. The molecule has 0 aliphatic heterocycles. The summed E-state index contributed by atoms with van der Waals surface area (Å²) in [6, 6.07) is 0. The van der Waals surface area contributed by atoms with Crippen LogP contribution in [0.4, 0.5) is 4.79 Å². The Morgan fingerprint density at radius 2 is 1.89 bits per heavy atom. The van der Waals surface area contributed by atoms with Crippen molar-refractivity contribution in [2.45, 2.75) is 46.1 Å². The summed E-state index contributed by atoms with van der Waals surface area (Å²) in [5.41, 5.74) is 4.64. The van der Waals surface area contributed by atoms with Crippen LogP contribution in [0.3, 0.4) is 0 Å². The van der Waals surface area contributed by atoms with E-state index < -0.39 is 21.9 Å². The normalized spacial score (nSPS) is 14.1. The van der Waals surface area contributed by atoms with Gasteiger partial charge in [0.2, 0.25) is 0 Å². The van der Waals surface area contributed by atoms with Gasteiger partial charge in [0.25, 0.3) is 0 Å². The average molecular weight is 281 g/mol. The van der Waals surface area contributed by atoms with Gasteiger partial charge in [0.15, 0.2) is 0 Å². The van der Waals surface area contributed by atoms with E-state index in [9.17, 15) is 13.2 Å². The van der Waals surface area contributed by atoms with E-state index in [0.29, 0.717) is 19.4 Å². The summed E-state index contributed by atoms with van der Waals surface area (Å²) in [5, 5.41) is 0. The molecule has 0 aliphatic rings. The van der Waals surface area contributed by atoms with Gasteiger partial charge in [-0.15, -0.1) is 0 Å². The lowest BCUT2D eigenvalue weighted by atomic mass is 10.1. The second kappa shape index (κ2) is 6.94. The van der Waals surface area contributed by atoms with Crippen molar-refractivity contribution in [1.82, 2.24) is 0 Å². The van der Waals surface area contributed by atoms with Gasteiger partial charge in [0.05, 0.1) is 5.75 Å². The number of nitrogens with two attached hydrogens (primary N) is 1. The van der Waals surface area contributed by atoms with Crippen LogP contribution in [0.1, 0.15) is 40.5 Å². The summed E-state index contributed by atoms with van der Waals surface area (Å²) in [6.07, 6.45) is -0.106. The molecule has 0 aromatic rings. The zero-order valence-corrected chi connectivity index (χ0v) is 12.2. The highest BCUT2D eigenvalue weighted by Gasteiger charge is 2.23. The molecular formula is C11H23NO5S. The Labute approximate surface area is 109 Å². The molecule has 0 aromatic heterocycles. The number of carbonyl (C=O) groups is 1. The van der Waals surface area contributed by atoms with Crippen LogP contribution in [0.2, 0.25) is 0 Å². The molecule has 0 amide bonds. The molecule has 18 heavy (non-hydrogen) atoms. The Morgan fingerprint density at radius 3 is 2.33 bits per heavy atom. The first-order valence-electron chi connectivity index (χ1n) is 5.91. The van der Waals surface area contributed by atoms with Gasteiger partial charge in [0.1, 0.15) is 5.60 Å². The van der Waals surface area contributed by atoms with Gasteiger partial charge in [-0.1, -0.05) is 6.92 Å². The van der Waals surface area contributed by atoms with Crippen LogP contribution >= 0.6 is 0 Å². The molecule has 0 saturated heterocycles. The molecule has 0 rings (SSSR count). The van der Waals surface area contributed by atoms with Crippen molar-refractivity contribution in [3.63, 3.8) is 0 Å². The van der Waals surface area contributed by atoms with Gasteiger partial charge in [-0.3, -0.25) is 0 Å². The zero-order valence-electron chi connectivity index (χ0n) is 11.4. The van der Waals surface area contributed by atoms with Crippen LogP contribution < -0.4 is 5.73 Å². The molecule has 0 aromatic carbocycles. The molecule has 0 radical (unpaired) electrons. The van der Waals surface area contributed by atoms with Gasteiger partial charge in [-0.25, -0.2) is 4.79 Å². The first kappa shape index (κ1) is 17.2. The van der Waals surface area contributed by atoms with Crippen molar-refractivity contribution in [3.8, 4) is 0 Å². The topological polar surface area (TPSA) is 95.7 Å². The van der Waals surface area contributed by atoms with Crippen molar-refractivity contribution in [2.75, 3.05) is 12.3 Å². The Balaban J connectivity index is 4.12. The van der Waals surface area contributed by atoms with Crippen LogP contribution in [-0.4, -0.2) is 32.5 Å². The molecule has 0 bridgehead atoms. The summed E-state index contributed by atoms with van der Waals surface area (Å²) >= 11 is 0. The molecule has 6 nitrogen and oxygen atoms in total. The molecule has 0 unspecified atom stereocenters. The van der Waals surface area contributed by atoms with E-state index in [4.69, 9.17) is 10.5 Å². The smallest absolute Gasteiger partial charge is 0.428 e. The number of rotatable bonds is 6. The quantitative estimate of drug-likeness (QED) is 0.587. The van der Waals surface area contributed by atoms with Crippen LogP contribution in [0.15, 0.2) is 0 Å². The van der Waals surface area contributed by atoms with Gasteiger partial charge >= 0.3 is 16.3 Å². The van der Waals surface area contributed by atoms with E-state index in [0.717, 1.165) is 0 Å². The minimum Gasteiger partial charge on any atom is -0.428 e. The molecule has 0 saturated carbocycles. The highest BCUT2D eigenvalue weighted by atomic mass is 32.2. The van der Waals surface area contributed by atoms with Gasteiger partial charge in [-0.2, -0.15) is 8.42 Å². The fourth-order valence-electron chi connectivity index (χ4n) is 1.14. The van der Waals surface area contributed by atoms with Crippen molar-refractivity contribution in [1.29, 1.82) is 0 Å². The largest absolute Gasteiger partial charge is 0.524 e. The second-order valence-electron chi connectivity index (χ2n) is 5.29. The van der Waals surface area contributed by atoms with Crippen LogP contribution in [-0.2, 0) is 19.0 Å². The maximum atomic E-state index is 11.4. The van der Waals surface area contributed by atoms with Crippen LogP contribution in [0.5, 0.6) is 0 Å². The monoisotopic (exact) mass is 281 g/mol. The summed E-state index contributed by atoms with van der Waals surface area (Å²) in [5.74, 6) is 0.0399. The van der Waals surface area contributed by atoms with E-state index in [-0.39, 0.29) is 11.7 Å². The lowest BCUT2D eigenvalue weighted by Gasteiger charge is -2.18. The standard InChI is InChI=1S/C11H23NO5S/c1-9(8-12)6-5-7-18(14,15)17-10(13)16-11(2,3)4/h9H,5-8,12H2,1-4H3/t9-/m0/s1. The third-order valence-electron chi connectivity index (χ3n) is 2.08. The fourth-order valence-corrected chi connectivity index (χ4v) is 1.98. The summed E-state index contributed by atoms with van der Waals surface area (Å²) in [4.78, 5) is 11.2. The third kappa shape index (κ3) is 9.23. The van der Waals surface area contributed by atoms with Crippen LogP contribution in [0, 0.1) is 5.92 Å². The molecule has 7 heteroatoms. The predicted octanol–water partition coefficient (Wildman–Crippen LogP) is 1.64. The van der Waals surface area contributed by atoms with Crippen molar-refractivity contribution in [3.05, 3.63) is 0 Å². The minimum atomic E-state index is -3.87. The predicted molar refractivity (Wildman–Crippen MR) is 68.6 cm³/mol. The lowest BCUT2D eigenvalue weighted by Crippen LogP contribution is -2.27. The van der Waals surface area contributed by atoms with Crippen LogP contribution in [0.25, 0.3) is 0 Å². The van der Waals surface area contributed by atoms with E-state index in [1.807, 2.05) is 6.92 Å².